The molecule has 4 aromatic rings. The summed E-state index contributed by atoms with van der Waals surface area (Å²) in [6.07, 6.45) is 1.71. The van der Waals surface area contributed by atoms with Gasteiger partial charge >= 0.3 is 0 Å². The van der Waals surface area contributed by atoms with Crippen molar-refractivity contribution in [3.05, 3.63) is 47.3 Å². The molecule has 0 aromatic carbocycles. The van der Waals surface area contributed by atoms with Crippen LogP contribution in [0.2, 0.25) is 0 Å². The molecule has 6 nitrogen and oxygen atoms in total. The summed E-state index contributed by atoms with van der Waals surface area (Å²) in [5, 5.41) is 5.38. The van der Waals surface area contributed by atoms with Crippen molar-refractivity contribution in [2.24, 2.45) is 0 Å². The molecule has 0 N–H and O–H groups in total. The Hall–Kier alpha value is -2.76. The second-order valence-electron chi connectivity index (χ2n) is 5.55. The molecular weight excluding hydrogens is 276 g/mol. The van der Waals surface area contributed by atoms with Crippen LogP contribution in [0.1, 0.15) is 22.8 Å². The predicted molar refractivity (Wildman–Crippen MR) is 84.4 cm³/mol. The minimum Gasteiger partial charge on any atom is -0.282 e. The molecule has 0 atom stereocenters. The molecular formula is C16H16N6. The first-order valence-electron chi connectivity index (χ1n) is 7.20. The van der Waals surface area contributed by atoms with E-state index in [9.17, 15) is 0 Å². The van der Waals surface area contributed by atoms with E-state index in [4.69, 9.17) is 0 Å². The van der Waals surface area contributed by atoms with E-state index in [1.165, 1.54) is 0 Å². The Morgan fingerprint density at radius 1 is 0.955 bits per heavy atom. The fourth-order valence-electron chi connectivity index (χ4n) is 2.90. The average molecular weight is 292 g/mol. The molecule has 0 fully saturated rings. The van der Waals surface area contributed by atoms with E-state index in [1.54, 1.807) is 10.8 Å². The van der Waals surface area contributed by atoms with Crippen LogP contribution in [0.15, 0.2) is 24.5 Å². The molecule has 4 rings (SSSR count). The van der Waals surface area contributed by atoms with Crippen LogP contribution >= 0.6 is 0 Å². The molecule has 0 bridgehead atoms. The fraction of sp³-hybridized carbons (Fsp3) is 0.250. The standard InChI is InChI=1S/C16H16N6/c1-9-6-5-7-13(18-9)22-11(3)10(2)14-15(22)17-8-21-16(14)19-12(4)20-21/h5-8H,1-4H3. The molecule has 0 amide bonds. The highest BCUT2D eigenvalue weighted by molar-refractivity contribution is 5.94. The van der Waals surface area contributed by atoms with Crippen molar-refractivity contribution in [3.63, 3.8) is 0 Å². The third kappa shape index (κ3) is 1.67. The first-order valence-corrected chi connectivity index (χ1v) is 7.20. The molecule has 110 valence electrons. The molecule has 4 heterocycles. The Balaban J connectivity index is 2.16. The molecule has 0 saturated carbocycles. The van der Waals surface area contributed by atoms with Crippen LogP contribution in [0.4, 0.5) is 0 Å². The van der Waals surface area contributed by atoms with E-state index >= 15 is 0 Å². The molecule has 0 aliphatic carbocycles. The van der Waals surface area contributed by atoms with Gasteiger partial charge in [-0.05, 0) is 45.4 Å². The van der Waals surface area contributed by atoms with Gasteiger partial charge in [-0.3, -0.25) is 4.57 Å². The lowest BCUT2D eigenvalue weighted by molar-refractivity contribution is 0.896. The van der Waals surface area contributed by atoms with E-state index < -0.39 is 0 Å². The van der Waals surface area contributed by atoms with Crippen LogP contribution < -0.4 is 0 Å². The lowest BCUT2D eigenvalue weighted by atomic mass is 10.2. The molecule has 22 heavy (non-hydrogen) atoms. The van der Waals surface area contributed by atoms with Crippen LogP contribution in [0.3, 0.4) is 0 Å². The second-order valence-corrected chi connectivity index (χ2v) is 5.55. The number of rotatable bonds is 1. The van der Waals surface area contributed by atoms with E-state index in [2.05, 4.69) is 38.5 Å². The molecule has 0 unspecified atom stereocenters. The van der Waals surface area contributed by atoms with Gasteiger partial charge in [0, 0.05) is 11.4 Å². The molecule has 0 aliphatic heterocycles. The van der Waals surface area contributed by atoms with Gasteiger partial charge in [-0.25, -0.2) is 19.5 Å². The van der Waals surface area contributed by atoms with Gasteiger partial charge in [-0.15, -0.1) is 0 Å². The lowest BCUT2D eigenvalue weighted by Gasteiger charge is -2.07. The lowest BCUT2D eigenvalue weighted by Crippen LogP contribution is -2.02. The number of hydrogen-bond donors (Lipinski definition) is 0. The topological polar surface area (TPSA) is 60.9 Å². The maximum Gasteiger partial charge on any atom is 0.168 e. The third-order valence-corrected chi connectivity index (χ3v) is 4.04. The molecule has 0 spiro atoms. The zero-order valence-electron chi connectivity index (χ0n) is 13.0. The van der Waals surface area contributed by atoms with Gasteiger partial charge in [0.15, 0.2) is 11.3 Å². The minimum atomic E-state index is 0.743. The average Bonchev–Trinajstić information content (AvgIpc) is 2.97. The van der Waals surface area contributed by atoms with Crippen LogP contribution in [0.5, 0.6) is 0 Å². The zero-order valence-corrected chi connectivity index (χ0v) is 13.0. The summed E-state index contributed by atoms with van der Waals surface area (Å²) in [7, 11) is 0. The van der Waals surface area contributed by atoms with Gasteiger partial charge in [-0.1, -0.05) is 6.07 Å². The normalized spacial score (nSPS) is 11.6. The number of aromatic nitrogens is 6. The highest BCUT2D eigenvalue weighted by atomic mass is 15.3. The Morgan fingerprint density at radius 2 is 1.77 bits per heavy atom. The van der Waals surface area contributed by atoms with Crippen LogP contribution in [0, 0.1) is 27.7 Å². The van der Waals surface area contributed by atoms with E-state index in [0.29, 0.717) is 0 Å². The van der Waals surface area contributed by atoms with Crippen molar-refractivity contribution >= 4 is 16.7 Å². The molecule has 0 aliphatic rings. The molecule has 0 saturated heterocycles. The van der Waals surface area contributed by atoms with Gasteiger partial charge in [0.2, 0.25) is 0 Å². The van der Waals surface area contributed by atoms with E-state index in [-0.39, 0.29) is 0 Å². The summed E-state index contributed by atoms with van der Waals surface area (Å²) in [6, 6.07) is 6.00. The van der Waals surface area contributed by atoms with Gasteiger partial charge in [-0.2, -0.15) is 5.10 Å². The highest BCUT2D eigenvalue weighted by Gasteiger charge is 2.18. The van der Waals surface area contributed by atoms with Crippen molar-refractivity contribution in [1.29, 1.82) is 0 Å². The number of fused-ring (bicyclic) bond motifs is 3. The minimum absolute atomic E-state index is 0.743. The monoisotopic (exact) mass is 292 g/mol. The van der Waals surface area contributed by atoms with Crippen molar-refractivity contribution in [2.45, 2.75) is 27.7 Å². The van der Waals surface area contributed by atoms with Crippen molar-refractivity contribution in [2.75, 3.05) is 0 Å². The largest absolute Gasteiger partial charge is 0.282 e. The smallest absolute Gasteiger partial charge is 0.168 e. The Bertz CT molecular complexity index is 1020. The van der Waals surface area contributed by atoms with Crippen molar-refractivity contribution < 1.29 is 0 Å². The van der Waals surface area contributed by atoms with Crippen LogP contribution in [0.25, 0.3) is 22.5 Å². The Kier molecular flexibility index (Phi) is 2.57. The van der Waals surface area contributed by atoms with E-state index in [1.807, 2.05) is 32.0 Å². The Morgan fingerprint density at radius 3 is 2.55 bits per heavy atom. The zero-order chi connectivity index (χ0) is 15.4. The second kappa shape index (κ2) is 4.37. The number of nitrogens with zero attached hydrogens (tertiary/aromatic N) is 6. The van der Waals surface area contributed by atoms with Crippen LogP contribution in [-0.2, 0) is 0 Å². The summed E-state index contributed by atoms with van der Waals surface area (Å²) in [4.78, 5) is 13.8. The summed E-state index contributed by atoms with van der Waals surface area (Å²) >= 11 is 0. The van der Waals surface area contributed by atoms with E-state index in [0.717, 1.165) is 45.3 Å². The Labute approximate surface area is 127 Å². The van der Waals surface area contributed by atoms with Crippen molar-refractivity contribution in [3.8, 4) is 5.82 Å². The van der Waals surface area contributed by atoms with Gasteiger partial charge in [0.1, 0.15) is 18.0 Å². The quantitative estimate of drug-likeness (QED) is 0.541. The van der Waals surface area contributed by atoms with Gasteiger partial charge in [0.05, 0.1) is 5.39 Å². The number of pyridine rings is 1. The maximum absolute atomic E-state index is 4.63. The fourth-order valence-corrected chi connectivity index (χ4v) is 2.90. The SMILES string of the molecule is Cc1cccc(-n2c(C)c(C)c3c2ncn2nc(C)nc32)n1. The summed E-state index contributed by atoms with van der Waals surface area (Å²) < 4.78 is 3.82. The third-order valence-electron chi connectivity index (χ3n) is 4.04. The molecule has 4 aromatic heterocycles. The highest BCUT2D eigenvalue weighted by Crippen LogP contribution is 2.28. The number of aryl methyl sites for hydroxylation is 3. The summed E-state index contributed by atoms with van der Waals surface area (Å²) in [5.74, 6) is 1.62. The number of hydrogen-bond acceptors (Lipinski definition) is 4. The van der Waals surface area contributed by atoms with Gasteiger partial charge in [0.25, 0.3) is 0 Å². The predicted octanol–water partition coefficient (Wildman–Crippen LogP) is 2.70. The summed E-state index contributed by atoms with van der Waals surface area (Å²) in [6.45, 7) is 8.06. The van der Waals surface area contributed by atoms with Gasteiger partial charge < -0.3 is 0 Å². The van der Waals surface area contributed by atoms with Crippen molar-refractivity contribution in [1.82, 2.24) is 29.1 Å². The first kappa shape index (κ1) is 12.9. The summed E-state index contributed by atoms with van der Waals surface area (Å²) in [5.41, 5.74) is 4.97. The molecule has 0 radical (unpaired) electrons. The first-order chi connectivity index (χ1) is 10.6. The van der Waals surface area contributed by atoms with Crippen LogP contribution in [-0.4, -0.2) is 29.1 Å². The maximum atomic E-state index is 4.63. The molecule has 6 heteroatoms.